The second kappa shape index (κ2) is 9.84. The number of hydrogen-bond donors (Lipinski definition) is 2. The summed E-state index contributed by atoms with van der Waals surface area (Å²) in [6, 6.07) is 18.8. The van der Waals surface area contributed by atoms with Gasteiger partial charge >= 0.3 is 5.97 Å². The lowest BCUT2D eigenvalue weighted by atomic mass is 9.77. The van der Waals surface area contributed by atoms with Gasteiger partial charge in [-0.3, -0.25) is 0 Å². The number of phenols is 2. The van der Waals surface area contributed by atoms with Crippen molar-refractivity contribution in [2.45, 2.75) is 39.2 Å². The third-order valence-electron chi connectivity index (χ3n) is 5.89. The van der Waals surface area contributed by atoms with E-state index in [0.29, 0.717) is 39.7 Å². The summed E-state index contributed by atoms with van der Waals surface area (Å²) in [5.41, 5.74) is 2.74. The summed E-state index contributed by atoms with van der Waals surface area (Å²) in [4.78, 5) is 12.5. The van der Waals surface area contributed by atoms with Crippen molar-refractivity contribution in [1.29, 1.82) is 0 Å². The molecule has 3 aromatic carbocycles. The van der Waals surface area contributed by atoms with Crippen molar-refractivity contribution in [2.24, 2.45) is 0 Å². The molecule has 0 fully saturated rings. The molecule has 5 nitrogen and oxygen atoms in total. The summed E-state index contributed by atoms with van der Waals surface area (Å²) >= 11 is 1.77. The Kier molecular flexibility index (Phi) is 6.85. The number of hydrogen-bond acceptors (Lipinski definition) is 6. The van der Waals surface area contributed by atoms with Crippen LogP contribution in [-0.2, 0) is 10.3 Å². The number of aromatic hydroxyl groups is 2. The number of phenolic OH excluding ortho intramolecular Hbond substituents is 2. The molecule has 0 saturated carbocycles. The highest BCUT2D eigenvalue weighted by molar-refractivity contribution is 7.07. The Bertz CT molecular complexity index is 1290. The molecule has 0 bridgehead atoms. The summed E-state index contributed by atoms with van der Waals surface area (Å²) in [5, 5.41) is 24.0. The van der Waals surface area contributed by atoms with Gasteiger partial charge in [-0.15, -0.1) is 0 Å². The van der Waals surface area contributed by atoms with Gasteiger partial charge in [-0.1, -0.05) is 45.9 Å². The monoisotopic (exact) mass is 488 g/mol. The molecule has 2 aliphatic rings. The van der Waals surface area contributed by atoms with E-state index in [2.05, 4.69) is 30.7 Å². The van der Waals surface area contributed by atoms with E-state index in [9.17, 15) is 15.0 Å². The zero-order valence-electron chi connectivity index (χ0n) is 20.1. The van der Waals surface area contributed by atoms with E-state index in [0.717, 1.165) is 0 Å². The van der Waals surface area contributed by atoms with Crippen LogP contribution in [0.4, 0.5) is 0 Å². The molecular weight excluding hydrogens is 460 g/mol. The average molecular weight is 489 g/mol. The smallest absolute Gasteiger partial charge is 0.340 e. The number of carbonyl (C=O) groups is 1. The first-order valence-electron chi connectivity index (χ1n) is 11.6. The third-order valence-corrected chi connectivity index (χ3v) is 6.59. The van der Waals surface area contributed by atoms with Crippen molar-refractivity contribution in [3.63, 3.8) is 0 Å². The van der Waals surface area contributed by atoms with Crippen LogP contribution in [-0.4, -0.2) is 16.2 Å². The number of rotatable bonds is 1. The highest BCUT2D eigenvalue weighted by Gasteiger charge is 2.53. The molecule has 0 amide bonds. The maximum absolute atomic E-state index is 12.5. The first kappa shape index (κ1) is 24.4. The van der Waals surface area contributed by atoms with E-state index in [1.807, 2.05) is 26.0 Å². The number of thiophene rings is 1. The van der Waals surface area contributed by atoms with Crippen LogP contribution in [0.25, 0.3) is 0 Å². The van der Waals surface area contributed by atoms with Crippen molar-refractivity contribution in [3.8, 4) is 23.0 Å². The number of esters is 1. The van der Waals surface area contributed by atoms with Gasteiger partial charge in [0.25, 0.3) is 0 Å². The maximum Gasteiger partial charge on any atom is 0.340 e. The van der Waals surface area contributed by atoms with Gasteiger partial charge in [0, 0.05) is 28.8 Å². The summed E-state index contributed by atoms with van der Waals surface area (Å²) in [6.07, 6.45) is 0. The Morgan fingerprint density at radius 3 is 1.94 bits per heavy atom. The van der Waals surface area contributed by atoms with Crippen LogP contribution in [0.2, 0.25) is 0 Å². The SMILES string of the molecule is CC.CC(C)c1ccsc1.O=C1OC2(c3ccc(O)cc3Oc3cc(O)ccc32)c2ccccc21. The molecule has 0 atom stereocenters. The van der Waals surface area contributed by atoms with E-state index in [1.165, 1.54) is 29.8 Å². The largest absolute Gasteiger partial charge is 0.508 e. The zero-order valence-corrected chi connectivity index (χ0v) is 20.9. The van der Waals surface area contributed by atoms with Crippen LogP contribution < -0.4 is 4.74 Å². The molecule has 0 aliphatic carbocycles. The third kappa shape index (κ3) is 4.26. The van der Waals surface area contributed by atoms with Crippen LogP contribution in [0.5, 0.6) is 23.0 Å². The van der Waals surface area contributed by atoms with E-state index >= 15 is 0 Å². The van der Waals surface area contributed by atoms with Crippen LogP contribution in [0.1, 0.15) is 66.2 Å². The van der Waals surface area contributed by atoms with Crippen LogP contribution >= 0.6 is 11.3 Å². The molecule has 1 spiro atoms. The van der Waals surface area contributed by atoms with E-state index in [4.69, 9.17) is 9.47 Å². The van der Waals surface area contributed by atoms with E-state index in [1.54, 1.807) is 35.6 Å². The fourth-order valence-electron chi connectivity index (χ4n) is 4.26. The molecule has 0 unspecified atom stereocenters. The highest BCUT2D eigenvalue weighted by Crippen LogP contribution is 2.56. The van der Waals surface area contributed by atoms with Crippen molar-refractivity contribution in [3.05, 3.63) is 105 Å². The van der Waals surface area contributed by atoms with Gasteiger partial charge < -0.3 is 19.7 Å². The van der Waals surface area contributed by atoms with Gasteiger partial charge in [-0.25, -0.2) is 4.79 Å². The van der Waals surface area contributed by atoms with E-state index < -0.39 is 11.6 Å². The Morgan fingerprint density at radius 2 is 1.43 bits per heavy atom. The standard InChI is InChI=1S/C20H12O5.C7H10S.C2H6/c21-11-5-7-15-17(9-11)24-18-10-12(22)6-8-16(18)20(15)14-4-2-1-3-13(14)19(23)25-20;1-6(2)7-3-4-8-5-7;1-2/h1-10,21-22H;3-6H,1-2H3;1-2H3. The fourth-order valence-corrected chi connectivity index (χ4v) is 5.08. The lowest BCUT2D eigenvalue weighted by molar-refractivity contribution is 0.0224. The zero-order chi connectivity index (χ0) is 25.2. The quantitative estimate of drug-likeness (QED) is 0.270. The molecule has 2 N–H and O–H groups in total. The molecule has 0 radical (unpaired) electrons. The minimum Gasteiger partial charge on any atom is -0.508 e. The van der Waals surface area contributed by atoms with Gasteiger partial charge in [-0.05, 0) is 58.6 Å². The molecule has 0 saturated heterocycles. The lowest BCUT2D eigenvalue weighted by Gasteiger charge is -2.36. The minimum absolute atomic E-state index is 0.0371. The van der Waals surface area contributed by atoms with Crippen molar-refractivity contribution in [2.75, 3.05) is 0 Å². The first-order valence-corrected chi connectivity index (χ1v) is 12.5. The van der Waals surface area contributed by atoms with Crippen molar-refractivity contribution in [1.82, 2.24) is 0 Å². The summed E-state index contributed by atoms with van der Waals surface area (Å²) in [5.74, 6) is 1.10. The lowest BCUT2D eigenvalue weighted by Crippen LogP contribution is -2.32. The van der Waals surface area contributed by atoms with E-state index in [-0.39, 0.29) is 11.5 Å². The fraction of sp³-hybridized carbons (Fsp3) is 0.207. The van der Waals surface area contributed by atoms with Crippen molar-refractivity contribution < 1.29 is 24.5 Å². The highest BCUT2D eigenvalue weighted by atomic mass is 32.1. The topological polar surface area (TPSA) is 76.0 Å². The van der Waals surface area contributed by atoms with Gasteiger partial charge in [0.05, 0.1) is 5.56 Å². The van der Waals surface area contributed by atoms with Gasteiger partial charge in [-0.2, -0.15) is 11.3 Å². The second-order valence-corrected chi connectivity index (χ2v) is 9.07. The number of carbonyl (C=O) groups excluding carboxylic acids is 1. The van der Waals surface area contributed by atoms with Gasteiger partial charge in [0.15, 0.2) is 5.60 Å². The molecule has 35 heavy (non-hydrogen) atoms. The molecule has 6 rings (SSSR count). The maximum atomic E-state index is 12.5. The summed E-state index contributed by atoms with van der Waals surface area (Å²) < 4.78 is 11.8. The molecule has 2 aliphatic heterocycles. The van der Waals surface area contributed by atoms with Gasteiger partial charge in [0.1, 0.15) is 23.0 Å². The predicted molar refractivity (Wildman–Crippen MR) is 138 cm³/mol. The Morgan fingerprint density at radius 1 is 0.829 bits per heavy atom. The molecule has 6 heteroatoms. The van der Waals surface area contributed by atoms with Gasteiger partial charge in [0.2, 0.25) is 0 Å². The first-order chi connectivity index (χ1) is 16.9. The number of fused-ring (bicyclic) bond motifs is 6. The Labute approximate surface area is 209 Å². The van der Waals surface area contributed by atoms with Crippen LogP contribution in [0, 0.1) is 0 Å². The number of benzene rings is 3. The molecule has 180 valence electrons. The predicted octanol–water partition coefficient (Wildman–Crippen LogP) is 7.56. The number of ether oxygens (including phenoxy) is 2. The second-order valence-electron chi connectivity index (χ2n) is 8.29. The van der Waals surface area contributed by atoms with Crippen LogP contribution in [0.3, 0.4) is 0 Å². The molecule has 1 aromatic heterocycles. The van der Waals surface area contributed by atoms with Crippen molar-refractivity contribution >= 4 is 17.3 Å². The summed E-state index contributed by atoms with van der Waals surface area (Å²) in [6.45, 7) is 8.42. The van der Waals surface area contributed by atoms with Crippen LogP contribution in [0.15, 0.2) is 77.5 Å². The normalized spacial score (nSPS) is 13.8. The Hall–Kier alpha value is -3.77. The minimum atomic E-state index is -1.17. The average Bonchev–Trinajstić information content (AvgIpc) is 3.49. The summed E-state index contributed by atoms with van der Waals surface area (Å²) in [7, 11) is 0. The molecule has 3 heterocycles. The molecular formula is C29H28O5S. The Balaban J connectivity index is 0.000000245. The molecule has 4 aromatic rings.